The lowest BCUT2D eigenvalue weighted by Gasteiger charge is -2.34. The molecule has 0 saturated carbocycles. The summed E-state index contributed by atoms with van der Waals surface area (Å²) in [6.45, 7) is 3.97. The highest BCUT2D eigenvalue weighted by atomic mass is 35.5. The number of benzene rings is 2. The van der Waals surface area contributed by atoms with Gasteiger partial charge in [-0.1, -0.05) is 18.5 Å². The number of aromatic carboxylic acids is 1. The van der Waals surface area contributed by atoms with Crippen molar-refractivity contribution in [1.82, 2.24) is 0 Å². The van der Waals surface area contributed by atoms with Crippen LogP contribution in [0.15, 0.2) is 42.5 Å². The highest BCUT2D eigenvalue weighted by Crippen LogP contribution is 2.31. The van der Waals surface area contributed by atoms with Gasteiger partial charge in [0.2, 0.25) is 0 Å². The van der Waals surface area contributed by atoms with Crippen LogP contribution in [0.3, 0.4) is 0 Å². The normalized spacial score (nSPS) is 17.0. The number of carboxylic acids is 1. The molecule has 2 N–H and O–H groups in total. The molecule has 0 radical (unpaired) electrons. The number of carboxylic acid groups (broad SMARTS) is 1. The molecule has 2 aromatic rings. The maximum Gasteiger partial charge on any atom is 0.335 e. The van der Waals surface area contributed by atoms with E-state index in [0.717, 1.165) is 25.2 Å². The van der Waals surface area contributed by atoms with Crippen LogP contribution < -0.4 is 10.2 Å². The zero-order valence-corrected chi connectivity index (χ0v) is 15.3. The van der Waals surface area contributed by atoms with E-state index in [4.69, 9.17) is 11.6 Å². The molecular formula is C20H21ClN2O3. The lowest BCUT2D eigenvalue weighted by molar-refractivity contribution is 0.0696. The molecule has 1 saturated heterocycles. The van der Waals surface area contributed by atoms with Gasteiger partial charge in [-0.3, -0.25) is 4.79 Å². The third-order valence-electron chi connectivity index (χ3n) is 4.60. The number of nitrogens with zero attached hydrogens (tertiary/aromatic N) is 1. The van der Waals surface area contributed by atoms with Crippen LogP contribution in [0.25, 0.3) is 0 Å². The SMILES string of the molecule is C[C@H]1CCCN(c2ccc(C(=O)O)cc2NC(=O)c2ccc(Cl)cc2)C1. The van der Waals surface area contributed by atoms with E-state index < -0.39 is 5.97 Å². The molecule has 3 rings (SSSR count). The lowest BCUT2D eigenvalue weighted by Crippen LogP contribution is -2.35. The molecule has 136 valence electrons. The average molecular weight is 373 g/mol. The molecule has 0 unspecified atom stereocenters. The second-order valence-corrected chi connectivity index (χ2v) is 7.13. The molecule has 0 spiro atoms. The minimum Gasteiger partial charge on any atom is -0.478 e. The number of carbonyl (C=O) groups excluding carboxylic acids is 1. The molecule has 1 fully saturated rings. The average Bonchev–Trinajstić information content (AvgIpc) is 2.62. The minimum absolute atomic E-state index is 0.144. The predicted octanol–water partition coefficient (Wildman–Crippen LogP) is 4.53. The Morgan fingerprint density at radius 1 is 1.15 bits per heavy atom. The fraction of sp³-hybridized carbons (Fsp3) is 0.300. The Labute approximate surface area is 157 Å². The monoisotopic (exact) mass is 372 g/mol. The van der Waals surface area contributed by atoms with Gasteiger partial charge in [0.1, 0.15) is 0 Å². The number of rotatable bonds is 4. The Morgan fingerprint density at radius 3 is 2.50 bits per heavy atom. The summed E-state index contributed by atoms with van der Waals surface area (Å²) >= 11 is 5.87. The number of carbonyl (C=O) groups is 2. The molecule has 0 aromatic heterocycles. The van der Waals surface area contributed by atoms with Crippen molar-refractivity contribution in [2.75, 3.05) is 23.3 Å². The van der Waals surface area contributed by atoms with Gasteiger partial charge in [0.15, 0.2) is 0 Å². The third-order valence-corrected chi connectivity index (χ3v) is 4.85. The Hall–Kier alpha value is -2.53. The minimum atomic E-state index is -1.02. The van der Waals surface area contributed by atoms with Gasteiger partial charge in [0.05, 0.1) is 16.9 Å². The summed E-state index contributed by atoms with van der Waals surface area (Å²) in [5, 5.41) is 12.7. The number of anilines is 2. The van der Waals surface area contributed by atoms with E-state index in [1.165, 1.54) is 12.5 Å². The molecule has 1 atom stereocenters. The second kappa shape index (κ2) is 7.79. The first kappa shape index (κ1) is 18.3. The van der Waals surface area contributed by atoms with Crippen molar-refractivity contribution in [1.29, 1.82) is 0 Å². The van der Waals surface area contributed by atoms with Crippen molar-refractivity contribution in [3.63, 3.8) is 0 Å². The van der Waals surface area contributed by atoms with E-state index in [2.05, 4.69) is 17.1 Å². The van der Waals surface area contributed by atoms with Crippen molar-refractivity contribution in [3.8, 4) is 0 Å². The summed E-state index contributed by atoms with van der Waals surface area (Å²) in [4.78, 5) is 26.1. The van der Waals surface area contributed by atoms with Crippen LogP contribution in [0.5, 0.6) is 0 Å². The number of hydrogen-bond acceptors (Lipinski definition) is 3. The molecule has 0 bridgehead atoms. The summed E-state index contributed by atoms with van der Waals surface area (Å²) in [5.74, 6) is -0.760. The molecule has 1 heterocycles. The van der Waals surface area contributed by atoms with Gasteiger partial charge in [0, 0.05) is 23.7 Å². The van der Waals surface area contributed by atoms with Gasteiger partial charge in [-0.05, 0) is 61.2 Å². The summed E-state index contributed by atoms with van der Waals surface area (Å²) in [6.07, 6.45) is 2.25. The van der Waals surface area contributed by atoms with E-state index in [1.807, 2.05) is 0 Å². The number of hydrogen-bond donors (Lipinski definition) is 2. The van der Waals surface area contributed by atoms with Crippen LogP contribution in [-0.2, 0) is 0 Å². The number of nitrogens with one attached hydrogen (secondary N) is 1. The van der Waals surface area contributed by atoms with Gasteiger partial charge in [-0.15, -0.1) is 0 Å². The topological polar surface area (TPSA) is 69.6 Å². The zero-order chi connectivity index (χ0) is 18.7. The van der Waals surface area contributed by atoms with E-state index in [-0.39, 0.29) is 11.5 Å². The molecule has 5 nitrogen and oxygen atoms in total. The predicted molar refractivity (Wildman–Crippen MR) is 103 cm³/mol. The van der Waals surface area contributed by atoms with Crippen molar-refractivity contribution in [2.24, 2.45) is 5.92 Å². The van der Waals surface area contributed by atoms with Crippen LogP contribution in [0.4, 0.5) is 11.4 Å². The first-order valence-electron chi connectivity index (χ1n) is 8.63. The van der Waals surface area contributed by atoms with Crippen molar-refractivity contribution < 1.29 is 14.7 Å². The van der Waals surface area contributed by atoms with Crippen molar-refractivity contribution in [2.45, 2.75) is 19.8 Å². The zero-order valence-electron chi connectivity index (χ0n) is 14.5. The summed E-state index contributed by atoms with van der Waals surface area (Å²) in [5.41, 5.74) is 1.97. The van der Waals surface area contributed by atoms with E-state index >= 15 is 0 Å². The molecule has 6 heteroatoms. The Morgan fingerprint density at radius 2 is 1.85 bits per heavy atom. The lowest BCUT2D eigenvalue weighted by atomic mass is 9.99. The quantitative estimate of drug-likeness (QED) is 0.827. The number of amides is 1. The molecule has 1 aliphatic rings. The Balaban J connectivity index is 1.91. The number of halogens is 1. The van der Waals surface area contributed by atoms with Crippen LogP contribution >= 0.6 is 11.6 Å². The van der Waals surface area contributed by atoms with Crippen molar-refractivity contribution in [3.05, 3.63) is 58.6 Å². The Bertz CT molecular complexity index is 820. The maximum absolute atomic E-state index is 12.6. The third kappa shape index (κ3) is 4.17. The summed E-state index contributed by atoms with van der Waals surface area (Å²) in [7, 11) is 0. The summed E-state index contributed by atoms with van der Waals surface area (Å²) < 4.78 is 0. The van der Waals surface area contributed by atoms with Gasteiger partial charge >= 0.3 is 5.97 Å². The highest BCUT2D eigenvalue weighted by Gasteiger charge is 2.21. The van der Waals surface area contributed by atoms with E-state index in [9.17, 15) is 14.7 Å². The smallest absolute Gasteiger partial charge is 0.335 e. The highest BCUT2D eigenvalue weighted by molar-refractivity contribution is 6.30. The van der Waals surface area contributed by atoms with Crippen LogP contribution in [-0.4, -0.2) is 30.1 Å². The Kier molecular flexibility index (Phi) is 5.47. The van der Waals surface area contributed by atoms with Gasteiger partial charge in [-0.2, -0.15) is 0 Å². The van der Waals surface area contributed by atoms with Gasteiger partial charge < -0.3 is 15.3 Å². The van der Waals surface area contributed by atoms with E-state index in [1.54, 1.807) is 36.4 Å². The van der Waals surface area contributed by atoms with E-state index in [0.29, 0.717) is 22.2 Å². The molecule has 0 aliphatic carbocycles. The largest absolute Gasteiger partial charge is 0.478 e. The maximum atomic E-state index is 12.6. The van der Waals surface area contributed by atoms with Crippen molar-refractivity contribution >= 4 is 34.9 Å². The van der Waals surface area contributed by atoms with Crippen LogP contribution in [0, 0.1) is 5.92 Å². The second-order valence-electron chi connectivity index (χ2n) is 6.69. The number of piperidine rings is 1. The first-order valence-corrected chi connectivity index (χ1v) is 9.01. The van der Waals surface area contributed by atoms with Gasteiger partial charge in [0.25, 0.3) is 5.91 Å². The molecular weight excluding hydrogens is 352 g/mol. The molecule has 1 aliphatic heterocycles. The first-order chi connectivity index (χ1) is 12.4. The van der Waals surface area contributed by atoms with Crippen LogP contribution in [0.1, 0.15) is 40.5 Å². The fourth-order valence-corrected chi connectivity index (χ4v) is 3.37. The van der Waals surface area contributed by atoms with Crippen LogP contribution in [0.2, 0.25) is 5.02 Å². The summed E-state index contributed by atoms with van der Waals surface area (Å²) in [6, 6.07) is 11.5. The van der Waals surface area contributed by atoms with Gasteiger partial charge in [-0.25, -0.2) is 4.79 Å². The molecule has 1 amide bonds. The molecule has 2 aromatic carbocycles. The fourth-order valence-electron chi connectivity index (χ4n) is 3.25. The molecule has 26 heavy (non-hydrogen) atoms. The standard InChI is InChI=1S/C20H21ClN2O3/c1-13-3-2-10-23(12-13)18-9-6-15(20(25)26)11-17(18)22-19(24)14-4-7-16(21)8-5-14/h4-9,11,13H,2-3,10,12H2,1H3,(H,22,24)(H,25,26)/t13-/m0/s1.